The molecule has 0 aliphatic heterocycles. The first-order valence-corrected chi connectivity index (χ1v) is 8.21. The van der Waals surface area contributed by atoms with Crippen molar-refractivity contribution in [3.05, 3.63) is 33.1 Å². The van der Waals surface area contributed by atoms with Crippen LogP contribution in [-0.2, 0) is 0 Å². The van der Waals surface area contributed by atoms with Crippen molar-refractivity contribution in [2.45, 2.75) is 11.3 Å². The predicted molar refractivity (Wildman–Crippen MR) is 83.4 cm³/mol. The molecule has 0 unspecified atom stereocenters. The van der Waals surface area contributed by atoms with Crippen LogP contribution < -0.4 is 5.32 Å². The predicted octanol–water partition coefficient (Wildman–Crippen LogP) is 3.65. The summed E-state index contributed by atoms with van der Waals surface area (Å²) in [5.74, 6) is 0.227. The van der Waals surface area contributed by atoms with Gasteiger partial charge in [-0.25, -0.2) is 4.39 Å². The zero-order valence-corrected chi connectivity index (χ0v) is 13.6. The summed E-state index contributed by atoms with van der Waals surface area (Å²) >= 11 is 4.81. The molecule has 1 aromatic heterocycles. The number of carbonyl (C=O) groups is 1. The SMILES string of the molecule is CCSc1nnc(NC(=O)c2ccc(F)cc2I)s1. The monoisotopic (exact) mass is 409 g/mol. The van der Waals surface area contributed by atoms with Crippen LogP contribution in [0.1, 0.15) is 17.3 Å². The fourth-order valence-corrected chi connectivity index (χ4v) is 3.65. The van der Waals surface area contributed by atoms with Crippen molar-refractivity contribution >= 4 is 56.7 Å². The van der Waals surface area contributed by atoms with E-state index >= 15 is 0 Å². The number of carbonyl (C=O) groups excluding carboxylic acids is 1. The molecule has 0 atom stereocenters. The summed E-state index contributed by atoms with van der Waals surface area (Å²) in [6.45, 7) is 2.02. The van der Waals surface area contributed by atoms with E-state index in [1.54, 1.807) is 11.8 Å². The van der Waals surface area contributed by atoms with E-state index in [-0.39, 0.29) is 11.7 Å². The molecule has 0 saturated heterocycles. The van der Waals surface area contributed by atoms with Gasteiger partial charge < -0.3 is 0 Å². The van der Waals surface area contributed by atoms with Gasteiger partial charge in [0.25, 0.3) is 5.91 Å². The summed E-state index contributed by atoms with van der Waals surface area (Å²) in [5, 5.41) is 10.9. The van der Waals surface area contributed by atoms with Gasteiger partial charge >= 0.3 is 0 Å². The Morgan fingerprint density at radius 1 is 1.53 bits per heavy atom. The van der Waals surface area contributed by atoms with E-state index in [1.807, 2.05) is 29.5 Å². The molecular formula is C11H9FIN3OS2. The molecule has 4 nitrogen and oxygen atoms in total. The van der Waals surface area contributed by atoms with E-state index in [4.69, 9.17) is 0 Å². The zero-order valence-electron chi connectivity index (χ0n) is 9.81. The number of nitrogens with one attached hydrogen (secondary N) is 1. The van der Waals surface area contributed by atoms with Gasteiger partial charge in [-0.15, -0.1) is 10.2 Å². The number of hydrogen-bond donors (Lipinski definition) is 1. The molecule has 0 fully saturated rings. The van der Waals surface area contributed by atoms with Gasteiger partial charge in [0, 0.05) is 3.57 Å². The topological polar surface area (TPSA) is 54.9 Å². The van der Waals surface area contributed by atoms with Crippen molar-refractivity contribution in [1.82, 2.24) is 10.2 Å². The lowest BCUT2D eigenvalue weighted by Gasteiger charge is -2.03. The van der Waals surface area contributed by atoms with E-state index in [2.05, 4.69) is 15.5 Å². The first kappa shape index (κ1) is 14.7. The van der Waals surface area contributed by atoms with E-state index in [0.717, 1.165) is 10.1 Å². The van der Waals surface area contributed by atoms with E-state index in [9.17, 15) is 9.18 Å². The summed E-state index contributed by atoms with van der Waals surface area (Å²) in [5.41, 5.74) is 0.418. The number of anilines is 1. The molecule has 1 aromatic carbocycles. The van der Waals surface area contributed by atoms with Crippen LogP contribution in [0, 0.1) is 9.39 Å². The number of amides is 1. The minimum atomic E-state index is -0.363. The van der Waals surface area contributed by atoms with Crippen molar-refractivity contribution in [1.29, 1.82) is 0 Å². The van der Waals surface area contributed by atoms with E-state index in [1.165, 1.54) is 29.5 Å². The lowest BCUT2D eigenvalue weighted by molar-refractivity contribution is 0.102. The second-order valence-corrected chi connectivity index (χ2v) is 7.04. The molecular weight excluding hydrogens is 400 g/mol. The van der Waals surface area contributed by atoms with Gasteiger partial charge in [0.05, 0.1) is 5.56 Å². The van der Waals surface area contributed by atoms with Gasteiger partial charge in [0.2, 0.25) is 5.13 Å². The summed E-state index contributed by atoms with van der Waals surface area (Å²) in [6.07, 6.45) is 0. The Morgan fingerprint density at radius 3 is 3.00 bits per heavy atom. The van der Waals surface area contributed by atoms with E-state index in [0.29, 0.717) is 14.3 Å². The third-order valence-corrected chi connectivity index (χ3v) is 4.82. The molecule has 8 heteroatoms. The van der Waals surface area contributed by atoms with Crippen molar-refractivity contribution < 1.29 is 9.18 Å². The van der Waals surface area contributed by atoms with Crippen LogP contribution in [0.4, 0.5) is 9.52 Å². The zero-order chi connectivity index (χ0) is 13.8. The molecule has 0 aliphatic rings. The number of aromatic nitrogens is 2. The second kappa shape index (κ2) is 6.62. The highest BCUT2D eigenvalue weighted by Gasteiger charge is 2.13. The average molecular weight is 409 g/mol. The largest absolute Gasteiger partial charge is 0.296 e. The minimum absolute atomic E-state index is 0.311. The third-order valence-electron chi connectivity index (χ3n) is 2.07. The lowest BCUT2D eigenvalue weighted by atomic mass is 10.2. The number of nitrogens with zero attached hydrogens (tertiary/aromatic N) is 2. The number of benzene rings is 1. The smallest absolute Gasteiger partial charge is 0.258 e. The van der Waals surface area contributed by atoms with Crippen LogP contribution in [0.25, 0.3) is 0 Å². The Kier molecular flexibility index (Phi) is 5.11. The van der Waals surface area contributed by atoms with Gasteiger partial charge in [0.15, 0.2) is 4.34 Å². The van der Waals surface area contributed by atoms with Crippen molar-refractivity contribution in [3.63, 3.8) is 0 Å². The van der Waals surface area contributed by atoms with Crippen LogP contribution in [0.5, 0.6) is 0 Å². The second-order valence-electron chi connectivity index (χ2n) is 3.38. The van der Waals surface area contributed by atoms with E-state index < -0.39 is 0 Å². The maximum atomic E-state index is 13.0. The maximum absolute atomic E-state index is 13.0. The Balaban J connectivity index is 2.11. The Hall–Kier alpha value is -0.740. The molecule has 100 valence electrons. The highest BCUT2D eigenvalue weighted by atomic mass is 127. The van der Waals surface area contributed by atoms with Crippen LogP contribution in [0.2, 0.25) is 0 Å². The molecule has 0 aliphatic carbocycles. The van der Waals surface area contributed by atoms with Gasteiger partial charge in [-0.3, -0.25) is 10.1 Å². The van der Waals surface area contributed by atoms with Crippen LogP contribution in [-0.4, -0.2) is 21.9 Å². The molecule has 0 bridgehead atoms. The van der Waals surface area contributed by atoms with Crippen molar-refractivity contribution in [2.75, 3.05) is 11.1 Å². The summed E-state index contributed by atoms with van der Waals surface area (Å²) in [4.78, 5) is 12.0. The van der Waals surface area contributed by atoms with Gasteiger partial charge in [-0.2, -0.15) is 0 Å². The van der Waals surface area contributed by atoms with Gasteiger partial charge in [-0.1, -0.05) is 30.0 Å². The standard InChI is InChI=1S/C11H9FIN3OS2/c1-2-18-11-16-15-10(19-11)14-9(17)7-4-3-6(12)5-8(7)13/h3-5H,2H2,1H3,(H,14,15,17). The first-order valence-electron chi connectivity index (χ1n) is 5.33. The molecule has 1 heterocycles. The minimum Gasteiger partial charge on any atom is -0.296 e. The molecule has 19 heavy (non-hydrogen) atoms. The van der Waals surface area contributed by atoms with Crippen molar-refractivity contribution in [3.8, 4) is 0 Å². The van der Waals surface area contributed by atoms with Crippen LogP contribution in [0.3, 0.4) is 0 Å². The fourth-order valence-electron chi connectivity index (χ4n) is 1.28. The Labute approximate surface area is 131 Å². The summed E-state index contributed by atoms with van der Waals surface area (Å²) < 4.78 is 14.3. The summed E-state index contributed by atoms with van der Waals surface area (Å²) in [7, 11) is 0. The van der Waals surface area contributed by atoms with Crippen molar-refractivity contribution in [2.24, 2.45) is 0 Å². The van der Waals surface area contributed by atoms with Gasteiger partial charge in [0.1, 0.15) is 5.82 Å². The number of rotatable bonds is 4. The fraction of sp³-hybridized carbons (Fsp3) is 0.182. The molecule has 0 saturated carbocycles. The van der Waals surface area contributed by atoms with Gasteiger partial charge in [-0.05, 0) is 46.5 Å². The summed E-state index contributed by atoms with van der Waals surface area (Å²) in [6, 6.07) is 4.03. The normalized spacial score (nSPS) is 10.5. The highest BCUT2D eigenvalue weighted by Crippen LogP contribution is 2.25. The van der Waals surface area contributed by atoms with Crippen LogP contribution >= 0.6 is 45.7 Å². The Morgan fingerprint density at radius 2 is 2.32 bits per heavy atom. The third kappa shape index (κ3) is 3.86. The lowest BCUT2D eigenvalue weighted by Crippen LogP contribution is -2.13. The molecule has 0 spiro atoms. The number of hydrogen-bond acceptors (Lipinski definition) is 5. The Bertz CT molecular complexity index is 605. The molecule has 0 radical (unpaired) electrons. The maximum Gasteiger partial charge on any atom is 0.258 e. The average Bonchev–Trinajstić information content (AvgIpc) is 2.76. The number of thioether (sulfide) groups is 1. The number of halogens is 2. The molecule has 1 N–H and O–H groups in total. The quantitative estimate of drug-likeness (QED) is 0.476. The highest BCUT2D eigenvalue weighted by molar-refractivity contribution is 14.1. The molecule has 1 amide bonds. The first-order chi connectivity index (χ1) is 9.10. The molecule has 2 rings (SSSR count). The van der Waals surface area contributed by atoms with Crippen LogP contribution in [0.15, 0.2) is 22.5 Å². The molecule has 2 aromatic rings.